The number of H-pyrrole nitrogens is 1. The van der Waals surface area contributed by atoms with Gasteiger partial charge in [-0.3, -0.25) is 19.1 Å². The van der Waals surface area contributed by atoms with E-state index in [1.54, 1.807) is 0 Å². The van der Waals surface area contributed by atoms with Gasteiger partial charge in [-0.25, -0.2) is 0 Å². The second-order valence-corrected chi connectivity index (χ2v) is 3.72. The van der Waals surface area contributed by atoms with Crippen LogP contribution in [0.4, 0.5) is 5.69 Å². The molecule has 0 fully saturated rings. The molecule has 2 heterocycles. The molecule has 2 aromatic heterocycles. The number of nitrogens with one attached hydrogen (secondary N) is 2. The molecule has 0 spiro atoms. The first kappa shape index (κ1) is 12.6. The first-order valence-corrected chi connectivity index (χ1v) is 5.29. The van der Waals surface area contributed by atoms with Crippen LogP contribution in [-0.4, -0.2) is 31.7 Å². The second kappa shape index (κ2) is 5.17. The van der Waals surface area contributed by atoms with Gasteiger partial charge in [-0.1, -0.05) is 0 Å². The van der Waals surface area contributed by atoms with Gasteiger partial charge in [-0.2, -0.15) is 5.10 Å². The fraction of sp³-hybridized carbons (Fsp3) is 0.0909. The van der Waals surface area contributed by atoms with E-state index in [-0.39, 0.29) is 17.7 Å². The molecular formula is C11H10N4O4. The van der Waals surface area contributed by atoms with Crippen LogP contribution in [0.15, 0.2) is 35.5 Å². The average Bonchev–Trinajstić information content (AvgIpc) is 2.76. The molecule has 0 aliphatic carbocycles. The third-order valence-corrected chi connectivity index (χ3v) is 2.23. The number of hydrogen-bond acceptors (Lipinski definition) is 4. The van der Waals surface area contributed by atoms with Crippen LogP contribution in [0.5, 0.6) is 0 Å². The molecule has 0 aliphatic rings. The van der Waals surface area contributed by atoms with Gasteiger partial charge in [0.05, 0.1) is 17.4 Å². The number of rotatable bonds is 4. The fourth-order valence-electron chi connectivity index (χ4n) is 1.41. The Balaban J connectivity index is 2.06. The minimum atomic E-state index is -1.03. The molecule has 98 valence electrons. The lowest BCUT2D eigenvalue weighted by molar-refractivity contribution is -0.137. The SMILES string of the molecule is O=C(O)Cn1cc(NC(=O)c2ccc(=O)[nH]c2)cn1. The molecule has 0 radical (unpaired) electrons. The van der Waals surface area contributed by atoms with Crippen molar-refractivity contribution < 1.29 is 14.7 Å². The number of hydrogen-bond donors (Lipinski definition) is 3. The third kappa shape index (κ3) is 3.28. The Bertz CT molecular complexity index is 653. The number of anilines is 1. The molecule has 0 saturated heterocycles. The smallest absolute Gasteiger partial charge is 0.325 e. The Morgan fingerprint density at radius 2 is 2.21 bits per heavy atom. The minimum absolute atomic E-state index is 0.283. The number of aromatic nitrogens is 3. The maximum Gasteiger partial charge on any atom is 0.325 e. The summed E-state index contributed by atoms with van der Waals surface area (Å²) in [5, 5.41) is 14.9. The quantitative estimate of drug-likeness (QED) is 0.711. The van der Waals surface area contributed by atoms with E-state index in [1.165, 1.54) is 35.4 Å². The van der Waals surface area contributed by atoms with Crippen molar-refractivity contribution in [3.8, 4) is 0 Å². The van der Waals surface area contributed by atoms with Crippen LogP contribution >= 0.6 is 0 Å². The molecule has 0 bridgehead atoms. The van der Waals surface area contributed by atoms with E-state index in [0.29, 0.717) is 5.69 Å². The number of amides is 1. The number of carboxylic acid groups (broad SMARTS) is 1. The van der Waals surface area contributed by atoms with Gasteiger partial charge in [0.1, 0.15) is 6.54 Å². The highest BCUT2D eigenvalue weighted by atomic mass is 16.4. The average molecular weight is 262 g/mol. The Morgan fingerprint density at radius 1 is 1.42 bits per heavy atom. The van der Waals surface area contributed by atoms with Gasteiger partial charge in [-0.15, -0.1) is 0 Å². The van der Waals surface area contributed by atoms with Crippen molar-refractivity contribution >= 4 is 17.6 Å². The van der Waals surface area contributed by atoms with E-state index in [2.05, 4.69) is 15.4 Å². The Hall–Kier alpha value is -2.90. The van der Waals surface area contributed by atoms with Crippen molar-refractivity contribution in [1.29, 1.82) is 0 Å². The van der Waals surface area contributed by atoms with E-state index in [4.69, 9.17) is 5.11 Å². The van der Waals surface area contributed by atoms with Crippen LogP contribution < -0.4 is 10.9 Å². The molecular weight excluding hydrogens is 252 g/mol. The molecule has 1 amide bonds. The van der Waals surface area contributed by atoms with Gasteiger partial charge in [0.25, 0.3) is 5.91 Å². The van der Waals surface area contributed by atoms with Crippen LogP contribution in [0, 0.1) is 0 Å². The number of aromatic amines is 1. The first-order chi connectivity index (χ1) is 9.04. The first-order valence-electron chi connectivity index (χ1n) is 5.29. The van der Waals surface area contributed by atoms with Crippen molar-refractivity contribution in [2.75, 3.05) is 5.32 Å². The number of carbonyl (C=O) groups excluding carboxylic acids is 1. The Kier molecular flexibility index (Phi) is 3.42. The van der Waals surface area contributed by atoms with Crippen molar-refractivity contribution in [2.24, 2.45) is 0 Å². The van der Waals surface area contributed by atoms with E-state index in [1.807, 2.05) is 0 Å². The highest BCUT2D eigenvalue weighted by Gasteiger charge is 2.08. The van der Waals surface area contributed by atoms with E-state index >= 15 is 0 Å². The summed E-state index contributed by atoms with van der Waals surface area (Å²) < 4.78 is 1.19. The van der Waals surface area contributed by atoms with Gasteiger partial charge in [0.15, 0.2) is 0 Å². The van der Waals surface area contributed by atoms with Crippen LogP contribution in [0.1, 0.15) is 10.4 Å². The lowest BCUT2D eigenvalue weighted by Crippen LogP contribution is -2.14. The zero-order chi connectivity index (χ0) is 13.8. The zero-order valence-corrected chi connectivity index (χ0v) is 9.66. The fourth-order valence-corrected chi connectivity index (χ4v) is 1.41. The minimum Gasteiger partial charge on any atom is -0.480 e. The van der Waals surface area contributed by atoms with Gasteiger partial charge in [-0.05, 0) is 6.07 Å². The summed E-state index contributed by atoms with van der Waals surface area (Å²) in [7, 11) is 0. The lowest BCUT2D eigenvalue weighted by Gasteiger charge is -2.01. The predicted molar refractivity (Wildman–Crippen MR) is 64.9 cm³/mol. The highest BCUT2D eigenvalue weighted by molar-refractivity contribution is 6.03. The standard InChI is InChI=1S/C11H10N4O4/c16-9-2-1-7(3-12-9)11(19)14-8-4-13-15(5-8)6-10(17)18/h1-5H,6H2,(H,12,16)(H,14,19)(H,17,18). The largest absolute Gasteiger partial charge is 0.480 e. The summed E-state index contributed by atoms with van der Waals surface area (Å²) in [6, 6.07) is 2.62. The van der Waals surface area contributed by atoms with Crippen LogP contribution in [0.2, 0.25) is 0 Å². The number of aliphatic carboxylic acids is 1. The molecule has 2 aromatic rings. The van der Waals surface area contributed by atoms with Crippen LogP contribution in [0.25, 0.3) is 0 Å². The van der Waals surface area contributed by atoms with Crippen LogP contribution in [0.3, 0.4) is 0 Å². The molecule has 19 heavy (non-hydrogen) atoms. The summed E-state index contributed by atoms with van der Waals surface area (Å²) in [6.07, 6.45) is 4.03. The monoisotopic (exact) mass is 262 g/mol. The van der Waals surface area contributed by atoms with Crippen molar-refractivity contribution in [2.45, 2.75) is 6.54 Å². The maximum absolute atomic E-state index is 11.8. The topological polar surface area (TPSA) is 117 Å². The summed E-state index contributed by atoms with van der Waals surface area (Å²) in [5.74, 6) is -1.45. The number of carboxylic acids is 1. The molecule has 0 unspecified atom stereocenters. The second-order valence-electron chi connectivity index (χ2n) is 3.72. The van der Waals surface area contributed by atoms with Crippen molar-refractivity contribution in [1.82, 2.24) is 14.8 Å². The van der Waals surface area contributed by atoms with Gasteiger partial charge < -0.3 is 15.4 Å². The van der Waals surface area contributed by atoms with Crippen LogP contribution in [-0.2, 0) is 11.3 Å². The highest BCUT2D eigenvalue weighted by Crippen LogP contribution is 2.07. The van der Waals surface area contributed by atoms with Gasteiger partial charge >= 0.3 is 5.97 Å². The van der Waals surface area contributed by atoms with E-state index < -0.39 is 11.9 Å². The number of carbonyl (C=O) groups is 2. The molecule has 0 aliphatic heterocycles. The van der Waals surface area contributed by atoms with Crippen molar-refractivity contribution in [3.63, 3.8) is 0 Å². The molecule has 0 aromatic carbocycles. The molecule has 8 heteroatoms. The Labute approximate surface area is 106 Å². The summed E-state index contributed by atoms with van der Waals surface area (Å²) in [6.45, 7) is -0.283. The lowest BCUT2D eigenvalue weighted by atomic mass is 10.2. The summed E-state index contributed by atoms with van der Waals surface area (Å²) >= 11 is 0. The van der Waals surface area contributed by atoms with Crippen molar-refractivity contribution in [3.05, 3.63) is 46.6 Å². The molecule has 0 atom stereocenters. The van der Waals surface area contributed by atoms with Gasteiger partial charge in [0, 0.05) is 18.5 Å². The van der Waals surface area contributed by atoms with Gasteiger partial charge in [0.2, 0.25) is 5.56 Å². The summed E-state index contributed by atoms with van der Waals surface area (Å²) in [4.78, 5) is 35.5. The number of pyridine rings is 1. The molecule has 3 N–H and O–H groups in total. The van der Waals surface area contributed by atoms with E-state index in [0.717, 1.165) is 0 Å². The predicted octanol–water partition coefficient (Wildman–Crippen LogP) is -0.0917. The summed E-state index contributed by atoms with van der Waals surface area (Å²) in [5.41, 5.74) is 0.355. The normalized spacial score (nSPS) is 10.1. The maximum atomic E-state index is 11.8. The van der Waals surface area contributed by atoms with E-state index in [9.17, 15) is 14.4 Å². The number of nitrogens with zero attached hydrogens (tertiary/aromatic N) is 2. The molecule has 0 saturated carbocycles. The Morgan fingerprint density at radius 3 is 2.84 bits per heavy atom. The third-order valence-electron chi connectivity index (χ3n) is 2.23. The zero-order valence-electron chi connectivity index (χ0n) is 9.66. The molecule has 8 nitrogen and oxygen atoms in total. The molecule has 2 rings (SSSR count).